The third-order valence-corrected chi connectivity index (χ3v) is 1.80. The fourth-order valence-corrected chi connectivity index (χ4v) is 1.13. The van der Waals surface area contributed by atoms with E-state index in [1.807, 2.05) is 6.92 Å². The van der Waals surface area contributed by atoms with E-state index in [0.717, 1.165) is 10.5 Å². The molecule has 0 saturated carbocycles. The number of ketones is 1. The molecule has 0 saturated heterocycles. The SMILES string of the molecule is CC1=CC(=O)CN(C(=O)O)CC1. The molecule has 0 aliphatic carbocycles. The molecular formula is C8H11NO3. The first-order valence-electron chi connectivity index (χ1n) is 3.77. The highest BCUT2D eigenvalue weighted by molar-refractivity contribution is 5.94. The molecule has 4 heteroatoms. The van der Waals surface area contributed by atoms with E-state index in [4.69, 9.17) is 5.11 Å². The molecule has 0 radical (unpaired) electrons. The minimum atomic E-state index is -1.02. The summed E-state index contributed by atoms with van der Waals surface area (Å²) in [5.41, 5.74) is 0.948. The standard InChI is InChI=1S/C8H11NO3/c1-6-2-3-9(8(11)12)5-7(10)4-6/h4H,2-3,5H2,1H3,(H,11,12). The molecule has 0 aromatic heterocycles. The van der Waals surface area contributed by atoms with Crippen LogP contribution in [0.5, 0.6) is 0 Å². The Morgan fingerprint density at radius 3 is 2.92 bits per heavy atom. The normalized spacial score (nSPS) is 18.6. The Kier molecular flexibility index (Phi) is 2.47. The zero-order chi connectivity index (χ0) is 9.14. The number of carbonyl (C=O) groups is 2. The van der Waals surface area contributed by atoms with Crippen LogP contribution >= 0.6 is 0 Å². The Hall–Kier alpha value is -1.32. The maximum atomic E-state index is 11.0. The Morgan fingerprint density at radius 1 is 1.67 bits per heavy atom. The highest BCUT2D eigenvalue weighted by Gasteiger charge is 2.17. The van der Waals surface area contributed by atoms with Gasteiger partial charge in [0.05, 0.1) is 6.54 Å². The zero-order valence-corrected chi connectivity index (χ0v) is 6.91. The van der Waals surface area contributed by atoms with Gasteiger partial charge in [0.25, 0.3) is 0 Å². The molecule has 1 rings (SSSR count). The summed E-state index contributed by atoms with van der Waals surface area (Å²) in [6.45, 7) is 2.25. The lowest BCUT2D eigenvalue weighted by atomic mass is 10.2. The molecule has 12 heavy (non-hydrogen) atoms. The number of amides is 1. The summed E-state index contributed by atoms with van der Waals surface area (Å²) in [6.07, 6.45) is 1.15. The number of rotatable bonds is 0. The molecule has 0 unspecified atom stereocenters. The van der Waals surface area contributed by atoms with Crippen LogP contribution in [-0.4, -0.2) is 35.0 Å². The molecule has 1 amide bonds. The van der Waals surface area contributed by atoms with Crippen molar-refractivity contribution < 1.29 is 14.7 Å². The van der Waals surface area contributed by atoms with Crippen molar-refractivity contribution in [3.63, 3.8) is 0 Å². The summed E-state index contributed by atoms with van der Waals surface area (Å²) in [4.78, 5) is 22.7. The van der Waals surface area contributed by atoms with Crippen molar-refractivity contribution in [2.75, 3.05) is 13.1 Å². The van der Waals surface area contributed by atoms with Crippen LogP contribution in [0.15, 0.2) is 11.6 Å². The summed E-state index contributed by atoms with van der Waals surface area (Å²) in [5.74, 6) is -0.132. The number of carboxylic acid groups (broad SMARTS) is 1. The fourth-order valence-electron chi connectivity index (χ4n) is 1.13. The van der Waals surface area contributed by atoms with E-state index in [9.17, 15) is 9.59 Å². The van der Waals surface area contributed by atoms with Gasteiger partial charge in [0, 0.05) is 6.54 Å². The lowest BCUT2D eigenvalue weighted by molar-refractivity contribution is -0.115. The first-order chi connectivity index (χ1) is 5.59. The molecule has 4 nitrogen and oxygen atoms in total. The van der Waals surface area contributed by atoms with Gasteiger partial charge in [-0.15, -0.1) is 0 Å². The lowest BCUT2D eigenvalue weighted by Crippen LogP contribution is -2.33. The van der Waals surface area contributed by atoms with Crippen molar-refractivity contribution in [1.29, 1.82) is 0 Å². The van der Waals surface area contributed by atoms with Crippen molar-refractivity contribution in [3.8, 4) is 0 Å². The molecule has 1 N–H and O–H groups in total. The largest absolute Gasteiger partial charge is 0.465 e. The monoisotopic (exact) mass is 169 g/mol. The predicted molar refractivity (Wildman–Crippen MR) is 43.0 cm³/mol. The quantitative estimate of drug-likeness (QED) is 0.585. The number of nitrogens with zero attached hydrogens (tertiary/aromatic N) is 1. The highest BCUT2D eigenvalue weighted by Crippen LogP contribution is 2.07. The summed E-state index contributed by atoms with van der Waals surface area (Å²) < 4.78 is 0. The van der Waals surface area contributed by atoms with E-state index in [2.05, 4.69) is 0 Å². The van der Waals surface area contributed by atoms with Gasteiger partial charge in [-0.25, -0.2) is 4.79 Å². The third kappa shape index (κ3) is 2.08. The van der Waals surface area contributed by atoms with Crippen molar-refractivity contribution in [2.45, 2.75) is 13.3 Å². The van der Waals surface area contributed by atoms with Gasteiger partial charge in [-0.05, 0) is 19.4 Å². The van der Waals surface area contributed by atoms with E-state index in [1.54, 1.807) is 0 Å². The molecule has 0 fully saturated rings. The van der Waals surface area contributed by atoms with Gasteiger partial charge in [-0.3, -0.25) is 4.79 Å². The smallest absolute Gasteiger partial charge is 0.407 e. The fraction of sp³-hybridized carbons (Fsp3) is 0.500. The second-order valence-electron chi connectivity index (χ2n) is 2.91. The second kappa shape index (κ2) is 3.38. The first-order valence-corrected chi connectivity index (χ1v) is 3.77. The van der Waals surface area contributed by atoms with Gasteiger partial charge in [0.2, 0.25) is 0 Å². The number of carbonyl (C=O) groups excluding carboxylic acids is 1. The van der Waals surface area contributed by atoms with Crippen LogP contribution in [0.4, 0.5) is 4.79 Å². The number of hydrogen-bond acceptors (Lipinski definition) is 2. The van der Waals surface area contributed by atoms with Gasteiger partial charge in [-0.1, -0.05) is 5.57 Å². The summed E-state index contributed by atoms with van der Waals surface area (Å²) in [6, 6.07) is 0. The van der Waals surface area contributed by atoms with E-state index in [0.29, 0.717) is 13.0 Å². The zero-order valence-electron chi connectivity index (χ0n) is 6.91. The van der Waals surface area contributed by atoms with Crippen LogP contribution in [0.1, 0.15) is 13.3 Å². The second-order valence-corrected chi connectivity index (χ2v) is 2.91. The van der Waals surface area contributed by atoms with Gasteiger partial charge in [0.15, 0.2) is 5.78 Å². The van der Waals surface area contributed by atoms with Crippen LogP contribution in [-0.2, 0) is 4.79 Å². The maximum absolute atomic E-state index is 11.0. The summed E-state index contributed by atoms with van der Waals surface area (Å²) >= 11 is 0. The molecule has 1 aliphatic heterocycles. The van der Waals surface area contributed by atoms with Crippen molar-refractivity contribution in [3.05, 3.63) is 11.6 Å². The molecule has 0 aromatic carbocycles. The first kappa shape index (κ1) is 8.77. The lowest BCUT2D eigenvalue weighted by Gasteiger charge is -2.14. The Morgan fingerprint density at radius 2 is 2.33 bits per heavy atom. The van der Waals surface area contributed by atoms with E-state index in [1.165, 1.54) is 6.08 Å². The van der Waals surface area contributed by atoms with Gasteiger partial charge in [-0.2, -0.15) is 0 Å². The average molecular weight is 169 g/mol. The van der Waals surface area contributed by atoms with Gasteiger partial charge < -0.3 is 10.0 Å². The minimum absolute atomic E-state index is 0.00727. The van der Waals surface area contributed by atoms with Crippen LogP contribution in [0.2, 0.25) is 0 Å². The molecule has 0 spiro atoms. The Balaban J connectivity index is 2.68. The number of hydrogen-bond donors (Lipinski definition) is 1. The van der Waals surface area contributed by atoms with Crippen molar-refractivity contribution in [1.82, 2.24) is 4.90 Å². The predicted octanol–water partition coefficient (Wildman–Crippen LogP) is 0.885. The molecule has 66 valence electrons. The van der Waals surface area contributed by atoms with E-state index >= 15 is 0 Å². The maximum Gasteiger partial charge on any atom is 0.407 e. The van der Waals surface area contributed by atoms with E-state index < -0.39 is 6.09 Å². The molecular weight excluding hydrogens is 158 g/mol. The third-order valence-electron chi connectivity index (χ3n) is 1.80. The summed E-state index contributed by atoms with van der Waals surface area (Å²) in [5, 5.41) is 8.62. The van der Waals surface area contributed by atoms with Crippen LogP contribution < -0.4 is 0 Å². The Labute approximate surface area is 70.5 Å². The molecule has 0 bridgehead atoms. The summed E-state index contributed by atoms with van der Waals surface area (Å²) in [7, 11) is 0. The topological polar surface area (TPSA) is 57.6 Å². The van der Waals surface area contributed by atoms with Crippen molar-refractivity contribution in [2.24, 2.45) is 0 Å². The van der Waals surface area contributed by atoms with Crippen LogP contribution in [0.25, 0.3) is 0 Å². The molecule has 0 atom stereocenters. The minimum Gasteiger partial charge on any atom is -0.465 e. The Bertz CT molecular complexity index is 245. The average Bonchev–Trinajstić information content (AvgIpc) is 2.11. The van der Waals surface area contributed by atoms with Crippen LogP contribution in [0.3, 0.4) is 0 Å². The molecule has 1 heterocycles. The molecule has 1 aliphatic rings. The highest BCUT2D eigenvalue weighted by atomic mass is 16.4. The molecule has 0 aromatic rings. The van der Waals surface area contributed by atoms with Gasteiger partial charge in [0.1, 0.15) is 0 Å². The van der Waals surface area contributed by atoms with E-state index in [-0.39, 0.29) is 12.3 Å². The van der Waals surface area contributed by atoms with Crippen molar-refractivity contribution >= 4 is 11.9 Å². The van der Waals surface area contributed by atoms with Gasteiger partial charge >= 0.3 is 6.09 Å². The van der Waals surface area contributed by atoms with Crippen LogP contribution in [0, 0.1) is 0 Å².